The number of hydrogen-bond acceptors (Lipinski definition) is 5. The van der Waals surface area contributed by atoms with Crippen LogP contribution >= 0.6 is 0 Å². The maximum atomic E-state index is 12.7. The molecule has 4 rings (SSSR count). The highest BCUT2D eigenvalue weighted by molar-refractivity contribution is 5.94. The molecule has 1 amide bonds. The Kier molecular flexibility index (Phi) is 3.93. The van der Waals surface area contributed by atoms with E-state index in [0.29, 0.717) is 17.0 Å². The number of fused-ring (bicyclic) bond motifs is 2. The molecule has 0 aliphatic carbocycles. The molecule has 3 heterocycles. The molecule has 3 aromatic rings. The summed E-state index contributed by atoms with van der Waals surface area (Å²) in [6.45, 7) is 1.92. The molecule has 1 aromatic carbocycles. The first-order chi connectivity index (χ1) is 12.5. The van der Waals surface area contributed by atoms with Crippen LogP contribution in [0.2, 0.25) is 0 Å². The van der Waals surface area contributed by atoms with Crippen molar-refractivity contribution in [3.05, 3.63) is 75.8 Å². The molecule has 2 N–H and O–H groups in total. The van der Waals surface area contributed by atoms with Crippen molar-refractivity contribution in [2.24, 2.45) is 0 Å². The summed E-state index contributed by atoms with van der Waals surface area (Å²) < 4.78 is 6.81. The number of benzene rings is 1. The fraction of sp³-hybridized carbons (Fsp3) is 0.211. The third-order valence-electron chi connectivity index (χ3n) is 4.43. The van der Waals surface area contributed by atoms with E-state index in [-0.39, 0.29) is 12.2 Å². The van der Waals surface area contributed by atoms with Gasteiger partial charge in [0, 0.05) is 18.0 Å². The van der Waals surface area contributed by atoms with Crippen LogP contribution in [-0.2, 0) is 0 Å². The van der Waals surface area contributed by atoms with E-state index in [1.54, 1.807) is 30.5 Å². The lowest BCUT2D eigenvalue weighted by Crippen LogP contribution is -2.43. The van der Waals surface area contributed by atoms with Gasteiger partial charge in [0.1, 0.15) is 29.7 Å². The number of rotatable bonds is 2. The number of nitrogens with one attached hydrogen (secondary N) is 1. The van der Waals surface area contributed by atoms with E-state index in [9.17, 15) is 14.7 Å². The smallest absolute Gasteiger partial charge is 0.270 e. The first-order valence-electron chi connectivity index (χ1n) is 8.23. The molecule has 0 saturated heterocycles. The molecule has 132 valence electrons. The summed E-state index contributed by atoms with van der Waals surface area (Å²) in [7, 11) is 0. The second kappa shape index (κ2) is 6.27. The van der Waals surface area contributed by atoms with Crippen LogP contribution in [0.3, 0.4) is 0 Å². The molecule has 1 aliphatic rings. The predicted molar refractivity (Wildman–Crippen MR) is 94.4 cm³/mol. The lowest BCUT2D eigenvalue weighted by molar-refractivity contribution is 0.0501. The normalized spacial score (nSPS) is 18.8. The Morgan fingerprint density at radius 3 is 2.96 bits per heavy atom. The number of carbonyl (C=O) groups is 1. The van der Waals surface area contributed by atoms with Crippen LogP contribution in [-0.4, -0.2) is 33.1 Å². The number of ether oxygens (including phenoxy) is 1. The number of para-hydroxylation sites is 1. The largest absolute Gasteiger partial charge is 0.490 e. The zero-order chi connectivity index (χ0) is 18.3. The SMILES string of the molecule is Cc1ccc2ncc(C(=O)N[C@H]3c4ccccc4OC[C@H]3O)c(=O)n2c1. The minimum atomic E-state index is -0.910. The average Bonchev–Trinajstić information content (AvgIpc) is 2.65. The predicted octanol–water partition coefficient (Wildman–Crippen LogP) is 1.23. The molecule has 1 aliphatic heterocycles. The van der Waals surface area contributed by atoms with Gasteiger partial charge in [-0.25, -0.2) is 4.98 Å². The van der Waals surface area contributed by atoms with Crippen LogP contribution in [0.4, 0.5) is 0 Å². The summed E-state index contributed by atoms with van der Waals surface area (Å²) >= 11 is 0. The van der Waals surface area contributed by atoms with E-state index in [0.717, 1.165) is 5.56 Å². The topological polar surface area (TPSA) is 92.9 Å². The van der Waals surface area contributed by atoms with Crippen molar-refractivity contribution >= 4 is 11.6 Å². The van der Waals surface area contributed by atoms with Gasteiger partial charge in [-0.2, -0.15) is 0 Å². The highest BCUT2D eigenvalue weighted by Crippen LogP contribution is 2.31. The van der Waals surface area contributed by atoms with Crippen LogP contribution in [0.1, 0.15) is 27.5 Å². The third kappa shape index (κ3) is 2.72. The monoisotopic (exact) mass is 351 g/mol. The van der Waals surface area contributed by atoms with E-state index in [1.807, 2.05) is 19.1 Å². The summed E-state index contributed by atoms with van der Waals surface area (Å²) in [5.74, 6) is 0.0197. The molecule has 0 unspecified atom stereocenters. The number of carbonyl (C=O) groups excluding carboxylic acids is 1. The number of nitrogens with zero attached hydrogens (tertiary/aromatic N) is 2. The Balaban J connectivity index is 1.70. The fourth-order valence-corrected chi connectivity index (χ4v) is 3.08. The average molecular weight is 351 g/mol. The minimum absolute atomic E-state index is 0.0656. The van der Waals surface area contributed by atoms with Gasteiger partial charge in [-0.05, 0) is 24.6 Å². The highest BCUT2D eigenvalue weighted by atomic mass is 16.5. The van der Waals surface area contributed by atoms with Crippen LogP contribution in [0.5, 0.6) is 5.75 Å². The molecule has 0 spiro atoms. The minimum Gasteiger partial charge on any atom is -0.490 e. The molecule has 7 heteroatoms. The maximum Gasteiger partial charge on any atom is 0.270 e. The van der Waals surface area contributed by atoms with Crippen LogP contribution in [0, 0.1) is 6.92 Å². The van der Waals surface area contributed by atoms with Crippen molar-refractivity contribution in [3.8, 4) is 5.75 Å². The molecule has 0 saturated carbocycles. The maximum absolute atomic E-state index is 12.7. The van der Waals surface area contributed by atoms with Crippen molar-refractivity contribution in [1.82, 2.24) is 14.7 Å². The number of aromatic nitrogens is 2. The van der Waals surface area contributed by atoms with Crippen molar-refractivity contribution in [2.75, 3.05) is 6.61 Å². The standard InChI is InChI=1S/C19H17N3O4/c1-11-6-7-16-20-8-13(19(25)22(16)9-11)18(24)21-17-12-4-2-3-5-15(12)26-10-14(17)23/h2-9,14,17,23H,10H2,1H3,(H,21,24)/t14-,17+/m1/s1. The molecule has 0 fully saturated rings. The summed E-state index contributed by atoms with van der Waals surface area (Å²) in [6.07, 6.45) is 1.99. The number of amides is 1. The van der Waals surface area contributed by atoms with Gasteiger partial charge in [0.05, 0.1) is 6.04 Å². The van der Waals surface area contributed by atoms with Crippen LogP contribution in [0.25, 0.3) is 5.65 Å². The van der Waals surface area contributed by atoms with Gasteiger partial charge >= 0.3 is 0 Å². The molecule has 7 nitrogen and oxygen atoms in total. The molecule has 2 atom stereocenters. The Labute approximate surface area is 148 Å². The number of aliphatic hydroxyl groups is 1. The quantitative estimate of drug-likeness (QED) is 0.724. The second-order valence-corrected chi connectivity index (χ2v) is 6.28. The third-order valence-corrected chi connectivity index (χ3v) is 4.43. The van der Waals surface area contributed by atoms with E-state index >= 15 is 0 Å². The molecular formula is C19H17N3O4. The van der Waals surface area contributed by atoms with Crippen LogP contribution < -0.4 is 15.6 Å². The first-order valence-corrected chi connectivity index (χ1v) is 8.23. The number of aliphatic hydroxyl groups excluding tert-OH is 1. The number of pyridine rings is 1. The second-order valence-electron chi connectivity index (χ2n) is 6.28. The molecule has 0 bridgehead atoms. The molecule has 2 aromatic heterocycles. The van der Waals surface area contributed by atoms with Gasteiger partial charge in [0.2, 0.25) is 0 Å². The fourth-order valence-electron chi connectivity index (χ4n) is 3.08. The number of hydrogen-bond donors (Lipinski definition) is 2. The molecule has 26 heavy (non-hydrogen) atoms. The lowest BCUT2D eigenvalue weighted by atomic mass is 9.98. The summed E-state index contributed by atoms with van der Waals surface area (Å²) in [5, 5.41) is 13.0. The molecule has 0 radical (unpaired) electrons. The highest BCUT2D eigenvalue weighted by Gasteiger charge is 2.31. The van der Waals surface area contributed by atoms with Crippen molar-refractivity contribution < 1.29 is 14.6 Å². The zero-order valence-corrected chi connectivity index (χ0v) is 14.0. The Morgan fingerprint density at radius 2 is 2.12 bits per heavy atom. The van der Waals surface area contributed by atoms with E-state index in [1.165, 1.54) is 10.6 Å². The number of aryl methyl sites for hydroxylation is 1. The lowest BCUT2D eigenvalue weighted by Gasteiger charge is -2.30. The summed E-state index contributed by atoms with van der Waals surface area (Å²) in [4.78, 5) is 29.5. The molecular weight excluding hydrogens is 334 g/mol. The summed E-state index contributed by atoms with van der Waals surface area (Å²) in [5.41, 5.74) is 1.49. The van der Waals surface area contributed by atoms with E-state index in [4.69, 9.17) is 4.74 Å². The van der Waals surface area contributed by atoms with Crippen molar-refractivity contribution in [2.45, 2.75) is 19.1 Å². The van der Waals surface area contributed by atoms with E-state index in [2.05, 4.69) is 10.3 Å². The Hall–Kier alpha value is -3.19. The Morgan fingerprint density at radius 1 is 1.31 bits per heavy atom. The first kappa shape index (κ1) is 16.3. The Bertz CT molecular complexity index is 1060. The summed E-state index contributed by atoms with van der Waals surface area (Å²) in [6, 6.07) is 10.1. The van der Waals surface area contributed by atoms with Gasteiger partial charge in [-0.3, -0.25) is 14.0 Å². The van der Waals surface area contributed by atoms with Gasteiger partial charge in [0.25, 0.3) is 11.5 Å². The van der Waals surface area contributed by atoms with Crippen molar-refractivity contribution in [3.63, 3.8) is 0 Å². The van der Waals surface area contributed by atoms with Gasteiger partial charge < -0.3 is 15.2 Å². The van der Waals surface area contributed by atoms with Crippen molar-refractivity contribution in [1.29, 1.82) is 0 Å². The van der Waals surface area contributed by atoms with Crippen LogP contribution in [0.15, 0.2) is 53.6 Å². The zero-order valence-electron chi connectivity index (χ0n) is 14.0. The van der Waals surface area contributed by atoms with Gasteiger partial charge in [0.15, 0.2) is 0 Å². The van der Waals surface area contributed by atoms with Gasteiger partial charge in [-0.15, -0.1) is 0 Å². The van der Waals surface area contributed by atoms with Gasteiger partial charge in [-0.1, -0.05) is 24.3 Å². The van der Waals surface area contributed by atoms with E-state index < -0.39 is 23.6 Å².